The van der Waals surface area contributed by atoms with Crippen molar-refractivity contribution >= 4 is 27.6 Å². The molecule has 0 saturated heterocycles. The average molecular weight is 442 g/mol. The number of carboxylic acid groups (broad SMARTS) is 1. The van der Waals surface area contributed by atoms with Gasteiger partial charge in [0.05, 0.1) is 30.7 Å². The number of benzene rings is 3. The van der Waals surface area contributed by atoms with Crippen LogP contribution in [0.15, 0.2) is 48.7 Å². The molecule has 0 unspecified atom stereocenters. The summed E-state index contributed by atoms with van der Waals surface area (Å²) in [5.74, 6) is -0.167. The van der Waals surface area contributed by atoms with Gasteiger partial charge in [-0.05, 0) is 78.4 Å². The number of pyridine rings is 1. The van der Waals surface area contributed by atoms with Crippen molar-refractivity contribution in [2.75, 3.05) is 0 Å². The molecular weight excluding hydrogens is 414 g/mol. The number of rotatable bonds is 4. The summed E-state index contributed by atoms with van der Waals surface area (Å²) in [5.41, 5.74) is 5.97. The Morgan fingerprint density at radius 1 is 1.09 bits per heavy atom. The zero-order chi connectivity index (χ0) is 23.3. The van der Waals surface area contributed by atoms with Crippen molar-refractivity contribution in [3.05, 3.63) is 70.9 Å². The Hall–Kier alpha value is -3.44. The number of ether oxygens (including phenoxy) is 2. The topological polar surface area (TPSA) is 68.7 Å². The monoisotopic (exact) mass is 441 g/mol. The van der Waals surface area contributed by atoms with Crippen LogP contribution in [0.5, 0.6) is 5.75 Å². The molecule has 5 rings (SSSR count). The van der Waals surface area contributed by atoms with Gasteiger partial charge in [-0.3, -0.25) is 9.78 Å². The van der Waals surface area contributed by atoms with Crippen LogP contribution in [0.3, 0.4) is 0 Å². The number of nitrogens with zero attached hydrogens (tertiary/aromatic N) is 1. The van der Waals surface area contributed by atoms with Gasteiger partial charge in [0.15, 0.2) is 0 Å². The minimum atomic E-state index is -0.864. The minimum Gasteiger partial charge on any atom is -0.487 e. The van der Waals surface area contributed by atoms with Gasteiger partial charge in [0, 0.05) is 11.6 Å². The quantitative estimate of drug-likeness (QED) is 0.408. The third kappa shape index (κ3) is 3.83. The molecule has 0 radical (unpaired) electrons. The Morgan fingerprint density at radius 3 is 2.61 bits per heavy atom. The lowest BCUT2D eigenvalue weighted by atomic mass is 9.85. The van der Waals surface area contributed by atoms with E-state index in [1.807, 2.05) is 45.9 Å². The minimum absolute atomic E-state index is 0.0764. The maximum Gasteiger partial charge on any atom is 0.307 e. The molecule has 33 heavy (non-hydrogen) atoms. The number of carbonyl (C=O) groups is 1. The first-order valence-electron chi connectivity index (χ1n) is 11.2. The Morgan fingerprint density at radius 2 is 1.85 bits per heavy atom. The van der Waals surface area contributed by atoms with Gasteiger partial charge in [0.25, 0.3) is 0 Å². The first kappa shape index (κ1) is 21.4. The summed E-state index contributed by atoms with van der Waals surface area (Å²) in [7, 11) is 0. The summed E-state index contributed by atoms with van der Waals surface area (Å²) in [6.07, 6.45) is 1.72. The summed E-state index contributed by atoms with van der Waals surface area (Å²) in [6.45, 7) is 9.04. The van der Waals surface area contributed by atoms with Crippen molar-refractivity contribution in [1.82, 2.24) is 4.98 Å². The molecule has 1 N–H and O–H groups in total. The van der Waals surface area contributed by atoms with E-state index < -0.39 is 11.6 Å². The molecule has 0 aliphatic carbocycles. The van der Waals surface area contributed by atoms with Crippen LogP contribution in [-0.2, 0) is 29.2 Å². The SMILES string of the molecule is Cc1cc2ccccc2c(-c2c(OC(C)(C)C)cc3c4c(ccnc24)COC3)c1CC(=O)O. The lowest BCUT2D eigenvalue weighted by molar-refractivity contribution is -0.136. The average Bonchev–Trinajstić information content (AvgIpc) is 2.74. The van der Waals surface area contributed by atoms with Crippen molar-refractivity contribution in [3.8, 4) is 16.9 Å². The first-order chi connectivity index (χ1) is 15.7. The molecule has 0 spiro atoms. The second-order valence-electron chi connectivity index (χ2n) is 9.65. The van der Waals surface area contributed by atoms with E-state index in [0.717, 1.165) is 55.1 Å². The second-order valence-corrected chi connectivity index (χ2v) is 9.65. The highest BCUT2D eigenvalue weighted by atomic mass is 16.5. The molecule has 3 aromatic carbocycles. The van der Waals surface area contributed by atoms with Gasteiger partial charge >= 0.3 is 5.97 Å². The summed E-state index contributed by atoms with van der Waals surface area (Å²) < 4.78 is 12.3. The Balaban J connectivity index is 1.98. The molecule has 1 aromatic heterocycles. The number of hydrogen-bond acceptors (Lipinski definition) is 4. The van der Waals surface area contributed by atoms with Gasteiger partial charge in [-0.25, -0.2) is 0 Å². The predicted octanol–water partition coefficient (Wildman–Crippen LogP) is 6.20. The van der Waals surface area contributed by atoms with Crippen LogP contribution >= 0.6 is 0 Å². The molecule has 1 aliphatic rings. The Bertz CT molecular complexity index is 1420. The van der Waals surface area contributed by atoms with Crippen molar-refractivity contribution in [2.45, 2.75) is 52.9 Å². The van der Waals surface area contributed by atoms with Crippen molar-refractivity contribution < 1.29 is 19.4 Å². The fraction of sp³-hybridized carbons (Fsp3) is 0.286. The van der Waals surface area contributed by atoms with E-state index in [4.69, 9.17) is 14.5 Å². The molecule has 0 atom stereocenters. The van der Waals surface area contributed by atoms with Gasteiger partial charge < -0.3 is 14.6 Å². The number of fused-ring (bicyclic) bond motifs is 1. The van der Waals surface area contributed by atoms with E-state index in [9.17, 15) is 9.90 Å². The summed E-state index contributed by atoms with van der Waals surface area (Å²) in [5, 5.41) is 12.9. The third-order valence-electron chi connectivity index (χ3n) is 6.04. The highest BCUT2D eigenvalue weighted by molar-refractivity contribution is 6.10. The first-order valence-corrected chi connectivity index (χ1v) is 11.2. The normalized spacial score (nSPS) is 13.5. The van der Waals surface area contributed by atoms with Crippen LogP contribution in [0.2, 0.25) is 0 Å². The van der Waals surface area contributed by atoms with Gasteiger partial charge in [-0.1, -0.05) is 30.3 Å². The maximum absolute atomic E-state index is 11.9. The van der Waals surface area contributed by atoms with Crippen molar-refractivity contribution in [3.63, 3.8) is 0 Å². The Kier molecular flexibility index (Phi) is 5.09. The summed E-state index contributed by atoms with van der Waals surface area (Å²) in [6, 6.07) is 14.2. The van der Waals surface area contributed by atoms with Crippen molar-refractivity contribution in [2.24, 2.45) is 0 Å². The summed E-state index contributed by atoms with van der Waals surface area (Å²) in [4.78, 5) is 16.7. The number of hydrogen-bond donors (Lipinski definition) is 1. The molecular formula is C28H27NO4. The maximum atomic E-state index is 11.9. The van der Waals surface area contributed by atoms with Crippen LogP contribution in [0, 0.1) is 6.92 Å². The third-order valence-corrected chi connectivity index (χ3v) is 6.04. The number of aromatic nitrogens is 1. The lowest BCUT2D eigenvalue weighted by Gasteiger charge is -2.28. The highest BCUT2D eigenvalue weighted by Gasteiger charge is 2.27. The molecule has 0 fully saturated rings. The number of aliphatic carboxylic acids is 1. The molecule has 0 amide bonds. The smallest absolute Gasteiger partial charge is 0.307 e. The van der Waals surface area contributed by atoms with Crippen LogP contribution in [0.1, 0.15) is 43.0 Å². The molecule has 168 valence electrons. The van der Waals surface area contributed by atoms with Gasteiger partial charge in [0.2, 0.25) is 0 Å². The molecule has 2 heterocycles. The second kappa shape index (κ2) is 7.85. The molecule has 4 aromatic rings. The van der Waals surface area contributed by atoms with Crippen LogP contribution in [0.4, 0.5) is 0 Å². The van der Waals surface area contributed by atoms with Gasteiger partial charge in [0.1, 0.15) is 11.4 Å². The van der Waals surface area contributed by atoms with E-state index in [-0.39, 0.29) is 6.42 Å². The lowest BCUT2D eigenvalue weighted by Crippen LogP contribution is -2.24. The van der Waals surface area contributed by atoms with E-state index in [0.29, 0.717) is 19.0 Å². The van der Waals surface area contributed by atoms with E-state index in [2.05, 4.69) is 24.3 Å². The van der Waals surface area contributed by atoms with Crippen LogP contribution < -0.4 is 4.74 Å². The number of aryl methyl sites for hydroxylation is 1. The van der Waals surface area contributed by atoms with Crippen LogP contribution in [0.25, 0.3) is 32.8 Å². The van der Waals surface area contributed by atoms with Crippen LogP contribution in [-0.4, -0.2) is 21.7 Å². The summed E-state index contributed by atoms with van der Waals surface area (Å²) >= 11 is 0. The van der Waals surface area contributed by atoms with E-state index in [1.54, 1.807) is 6.20 Å². The molecule has 0 saturated carbocycles. The molecule has 5 nitrogen and oxygen atoms in total. The Labute approximate surface area is 193 Å². The highest BCUT2D eigenvalue weighted by Crippen LogP contribution is 2.46. The van der Waals surface area contributed by atoms with E-state index in [1.165, 1.54) is 0 Å². The standard InChI is InChI=1S/C28H27NO4/c1-16-11-17-7-5-6-8-20(17)25(21(16)13-23(30)31)26-22(33-28(2,3)4)12-19-15-32-14-18-9-10-29-27(26)24(18)19/h5-12H,13-15H2,1-4H3,(H,30,31). The van der Waals surface area contributed by atoms with Crippen molar-refractivity contribution in [1.29, 1.82) is 0 Å². The predicted molar refractivity (Wildman–Crippen MR) is 130 cm³/mol. The largest absolute Gasteiger partial charge is 0.487 e. The molecule has 0 bridgehead atoms. The number of carboxylic acids is 1. The zero-order valence-corrected chi connectivity index (χ0v) is 19.4. The molecule has 5 heteroatoms. The fourth-order valence-corrected chi connectivity index (χ4v) is 4.82. The fourth-order valence-electron chi connectivity index (χ4n) is 4.82. The van der Waals surface area contributed by atoms with E-state index >= 15 is 0 Å². The molecule has 1 aliphatic heterocycles. The zero-order valence-electron chi connectivity index (χ0n) is 19.4. The van der Waals surface area contributed by atoms with Gasteiger partial charge in [-0.2, -0.15) is 0 Å². The van der Waals surface area contributed by atoms with Gasteiger partial charge in [-0.15, -0.1) is 0 Å².